The lowest BCUT2D eigenvalue weighted by Crippen LogP contribution is -2.52. The van der Waals surface area contributed by atoms with Gasteiger partial charge in [0.15, 0.2) is 11.1 Å². The number of rotatable bonds is 10. The fraction of sp³-hybridized carbons (Fsp3) is 0.154. The number of nitrogens with zero attached hydrogens (tertiary/aromatic N) is 4. The zero-order chi connectivity index (χ0) is 53.1. The zero-order valence-corrected chi connectivity index (χ0v) is 40.6. The van der Waals surface area contributed by atoms with E-state index in [1.807, 2.05) is 6.07 Å². The summed E-state index contributed by atoms with van der Waals surface area (Å²) in [7, 11) is 1.40. The van der Waals surface area contributed by atoms with Gasteiger partial charge in [0.05, 0.1) is 40.5 Å². The second kappa shape index (κ2) is 21.0. The number of fused-ring (bicyclic) bond motifs is 2. The molecule has 18 nitrogen and oxygen atoms in total. The first-order chi connectivity index (χ1) is 35.4. The third kappa shape index (κ3) is 10.1. The monoisotopic (exact) mass is 1060 g/mol. The van der Waals surface area contributed by atoms with Gasteiger partial charge in [0.2, 0.25) is 11.4 Å². The molecule has 2 fully saturated rings. The number of nitrogens with one attached hydrogen (secondary N) is 4. The highest BCUT2D eigenvalue weighted by molar-refractivity contribution is 9.10. The van der Waals surface area contributed by atoms with Crippen molar-refractivity contribution in [2.75, 3.05) is 27.3 Å². The minimum Gasteiger partial charge on any atom is -0.497 e. The molecule has 6 N–H and O–H groups in total. The molecule has 4 aliphatic heterocycles. The number of carbonyl (C=O) groups is 6. The van der Waals surface area contributed by atoms with Crippen LogP contribution in [0.5, 0.6) is 11.5 Å². The zero-order valence-electron chi connectivity index (χ0n) is 39.0. The standard InChI is InChI=1S/C26H19FN4O4.C19H16BrN3O4.C7H5BFNO2/c1-28-22-11-16(6-10-21(22)27)15-3-7-18(8-4-15)26(24(33)29-25(34)30-26)14-31-13-17-5-9-19(35-2)12-20(17)23(31)32;1-27-14-7-2-11-9-23(16(24)15(11)8-14)10-19(17(25)21-18(26)22-19)12-3-5-13(20)6-4-12;1-10-7-4-5(8(11)12)2-3-6(7)9/h3-12H,13-14H2,2H3,(H2,29,30,33,34);2-8H,9-10H2,1H3,(H2,21,22,25,26);2-4,11-12H/t26-;19-;/m00./s1. The number of halogens is 3. The number of amides is 8. The lowest BCUT2D eigenvalue weighted by molar-refractivity contribution is -0.125. The van der Waals surface area contributed by atoms with Gasteiger partial charge in [-0.25, -0.2) is 28.1 Å². The van der Waals surface area contributed by atoms with Gasteiger partial charge in [-0.05, 0) is 93.4 Å². The van der Waals surface area contributed by atoms with Crippen LogP contribution in [0, 0.1) is 24.8 Å². The molecule has 2 saturated heterocycles. The van der Waals surface area contributed by atoms with Crippen LogP contribution in [0.25, 0.3) is 20.8 Å². The van der Waals surface area contributed by atoms with Crippen molar-refractivity contribution in [2.45, 2.75) is 24.2 Å². The summed E-state index contributed by atoms with van der Waals surface area (Å²) in [4.78, 5) is 84.9. The largest absolute Gasteiger partial charge is 0.497 e. The Morgan fingerprint density at radius 1 is 0.608 bits per heavy atom. The molecule has 0 radical (unpaired) electrons. The number of hydrogen-bond donors (Lipinski definition) is 6. The van der Waals surface area contributed by atoms with Crippen LogP contribution in [-0.4, -0.2) is 90.0 Å². The first-order valence-corrected chi connectivity index (χ1v) is 23.0. The quantitative estimate of drug-likeness (QED) is 0.0538. The van der Waals surface area contributed by atoms with E-state index in [1.54, 1.807) is 96.9 Å². The van der Waals surface area contributed by atoms with Gasteiger partial charge in [-0.1, -0.05) is 82.7 Å². The molecule has 8 amide bonds. The van der Waals surface area contributed by atoms with Gasteiger partial charge >= 0.3 is 19.2 Å². The summed E-state index contributed by atoms with van der Waals surface area (Å²) in [5, 5.41) is 27.3. The van der Waals surface area contributed by atoms with Gasteiger partial charge in [-0.15, -0.1) is 0 Å². The first-order valence-electron chi connectivity index (χ1n) is 22.2. The van der Waals surface area contributed by atoms with Gasteiger partial charge in [0.1, 0.15) is 23.1 Å². The summed E-state index contributed by atoms with van der Waals surface area (Å²) in [5.74, 6) is -1.61. The predicted octanol–water partition coefficient (Wildman–Crippen LogP) is 5.95. The van der Waals surface area contributed by atoms with Crippen LogP contribution in [0.15, 0.2) is 126 Å². The predicted molar refractivity (Wildman–Crippen MR) is 267 cm³/mol. The SMILES string of the molecule is COc1ccc2c(c1)C(=O)N(C[C@@]1(c3ccc(Br)cc3)NC(=O)NC1=O)C2.[C-]#[N+]c1cc(-c2ccc([C@]3(CN4Cc5ccc(OC)cc5C4=O)NC(=O)NC3=O)cc2)ccc1F.[C-]#[N+]c1cc(B(O)O)ccc1F. The van der Waals surface area contributed by atoms with Crippen LogP contribution in [0.2, 0.25) is 0 Å². The van der Waals surface area contributed by atoms with E-state index in [0.29, 0.717) is 51.4 Å². The molecule has 10 rings (SSSR count). The molecular formula is C52H40BBrF2N8O10. The second-order valence-corrected chi connectivity index (χ2v) is 18.0. The highest BCUT2D eigenvalue weighted by Crippen LogP contribution is 2.36. The van der Waals surface area contributed by atoms with Gasteiger partial charge in [-0.3, -0.25) is 29.8 Å². The minimum atomic E-state index is -1.66. The van der Waals surface area contributed by atoms with Crippen LogP contribution in [0.3, 0.4) is 0 Å². The van der Waals surface area contributed by atoms with E-state index in [9.17, 15) is 37.5 Å². The summed E-state index contributed by atoms with van der Waals surface area (Å²) in [6, 6.07) is 30.8. The molecule has 74 heavy (non-hydrogen) atoms. The Hall–Kier alpha value is -8.96. The Labute approximate surface area is 429 Å². The number of benzene rings is 6. The molecule has 6 aromatic rings. The molecule has 4 heterocycles. The van der Waals surface area contributed by atoms with Crippen LogP contribution in [-0.2, 0) is 33.8 Å². The maximum Gasteiger partial charge on any atom is 0.487 e. The Bertz CT molecular complexity index is 3370. The Balaban J connectivity index is 0.000000165. The maximum absolute atomic E-state index is 13.7. The molecule has 6 aromatic carbocycles. The van der Waals surface area contributed by atoms with Crippen molar-refractivity contribution < 1.29 is 57.1 Å². The van der Waals surface area contributed by atoms with Crippen molar-refractivity contribution in [3.63, 3.8) is 0 Å². The molecule has 4 aliphatic rings. The Morgan fingerprint density at radius 2 is 1.04 bits per heavy atom. The summed E-state index contributed by atoms with van der Waals surface area (Å²) in [6.45, 7) is 14.3. The number of imide groups is 2. The summed E-state index contributed by atoms with van der Waals surface area (Å²) in [5.41, 5.74) is 2.13. The molecule has 2 atom stereocenters. The smallest absolute Gasteiger partial charge is 0.487 e. The average molecular weight is 1070 g/mol. The van der Waals surface area contributed by atoms with E-state index < -0.39 is 53.7 Å². The van der Waals surface area contributed by atoms with Crippen molar-refractivity contribution in [3.8, 4) is 22.6 Å². The molecular weight excluding hydrogens is 1030 g/mol. The number of hydrogen-bond acceptors (Lipinski definition) is 10. The number of methoxy groups -OCH3 is 2. The molecule has 0 aromatic heterocycles. The molecule has 0 bridgehead atoms. The fourth-order valence-corrected chi connectivity index (χ4v) is 9.06. The lowest BCUT2D eigenvalue weighted by atomic mass is 9.80. The third-order valence-electron chi connectivity index (χ3n) is 12.6. The molecule has 0 aliphatic carbocycles. The highest BCUT2D eigenvalue weighted by atomic mass is 79.9. The molecule has 22 heteroatoms. The Morgan fingerprint density at radius 3 is 1.46 bits per heavy atom. The van der Waals surface area contributed by atoms with Crippen molar-refractivity contribution in [1.29, 1.82) is 0 Å². The van der Waals surface area contributed by atoms with E-state index in [2.05, 4.69) is 46.9 Å². The Kier molecular flexibility index (Phi) is 14.6. The van der Waals surface area contributed by atoms with Gasteiger partial charge in [-0.2, -0.15) is 0 Å². The molecule has 372 valence electrons. The fourth-order valence-electron chi connectivity index (χ4n) is 8.79. The van der Waals surface area contributed by atoms with Gasteiger partial charge in [0.25, 0.3) is 23.6 Å². The van der Waals surface area contributed by atoms with Gasteiger partial charge in [0, 0.05) is 28.7 Å². The highest BCUT2D eigenvalue weighted by Gasteiger charge is 2.52. The van der Waals surface area contributed by atoms with Crippen molar-refractivity contribution in [3.05, 3.63) is 194 Å². The lowest BCUT2D eigenvalue weighted by Gasteiger charge is -2.31. The van der Waals surface area contributed by atoms with Crippen LogP contribution < -0.4 is 36.2 Å². The van der Waals surface area contributed by atoms with E-state index in [-0.39, 0.29) is 48.3 Å². The van der Waals surface area contributed by atoms with Gasteiger partial charge < -0.3 is 40.0 Å². The normalized spacial score (nSPS) is 18.0. The maximum atomic E-state index is 13.7. The molecule has 0 saturated carbocycles. The van der Waals surface area contributed by atoms with E-state index in [0.717, 1.165) is 27.7 Å². The topological polar surface area (TPSA) is 225 Å². The van der Waals surface area contributed by atoms with Crippen molar-refractivity contribution in [1.82, 2.24) is 31.1 Å². The molecule has 0 unspecified atom stereocenters. The van der Waals surface area contributed by atoms with E-state index in [4.69, 9.17) is 32.7 Å². The summed E-state index contributed by atoms with van der Waals surface area (Å²) in [6.07, 6.45) is 0. The van der Waals surface area contributed by atoms with E-state index >= 15 is 0 Å². The molecule has 0 spiro atoms. The van der Waals surface area contributed by atoms with Crippen molar-refractivity contribution in [2.24, 2.45) is 0 Å². The average Bonchev–Trinajstić information content (AvgIpc) is 4.08. The van der Waals surface area contributed by atoms with Crippen LogP contribution in [0.1, 0.15) is 43.0 Å². The number of carbonyl (C=O) groups excluding carboxylic acids is 6. The van der Waals surface area contributed by atoms with Crippen molar-refractivity contribution >= 4 is 75.6 Å². The van der Waals surface area contributed by atoms with E-state index in [1.165, 1.54) is 30.2 Å². The third-order valence-corrected chi connectivity index (χ3v) is 13.2. The first kappa shape index (κ1) is 51.4. The summed E-state index contributed by atoms with van der Waals surface area (Å²) >= 11 is 3.37. The number of ether oxygens (including phenoxy) is 2. The minimum absolute atomic E-state index is 0.0298. The van der Waals surface area contributed by atoms with Crippen LogP contribution >= 0.6 is 15.9 Å². The number of urea groups is 2. The summed E-state index contributed by atoms with van der Waals surface area (Å²) < 4.78 is 37.6. The van der Waals surface area contributed by atoms with Crippen LogP contribution in [0.4, 0.5) is 29.7 Å². The second-order valence-electron chi connectivity index (χ2n) is 17.1.